The molecule has 1 amide bonds. The first kappa shape index (κ1) is 21.4. The van der Waals surface area contributed by atoms with Gasteiger partial charge in [0.05, 0.1) is 24.9 Å². The Labute approximate surface area is 194 Å². The molecule has 0 radical (unpaired) electrons. The summed E-state index contributed by atoms with van der Waals surface area (Å²) in [5.41, 5.74) is 2.61. The molecule has 0 unspecified atom stereocenters. The van der Waals surface area contributed by atoms with Gasteiger partial charge in [-0.1, -0.05) is 23.5 Å². The molecule has 2 aromatic heterocycles. The van der Waals surface area contributed by atoms with E-state index in [4.69, 9.17) is 14.8 Å². The summed E-state index contributed by atoms with van der Waals surface area (Å²) >= 11 is 1.52. The van der Waals surface area contributed by atoms with Crippen LogP contribution in [-0.2, 0) is 11.3 Å². The number of nitrogens with one attached hydrogen (secondary N) is 1. The molecule has 1 atom stereocenters. The second-order valence-electron chi connectivity index (χ2n) is 8.10. The number of ether oxygens (including phenoxy) is 1. The van der Waals surface area contributed by atoms with Gasteiger partial charge in [-0.3, -0.25) is 4.79 Å². The summed E-state index contributed by atoms with van der Waals surface area (Å²) in [5, 5.41) is 8.52. The molecule has 3 heterocycles. The molecule has 0 spiro atoms. The Bertz CT molecular complexity index is 1240. The van der Waals surface area contributed by atoms with Crippen LogP contribution >= 0.6 is 11.3 Å². The summed E-state index contributed by atoms with van der Waals surface area (Å²) in [4.78, 5) is 20.4. The molecular formula is C24H24FN5O2S. The molecule has 1 aliphatic heterocycles. The van der Waals surface area contributed by atoms with Crippen molar-refractivity contribution in [2.75, 3.05) is 25.1 Å². The summed E-state index contributed by atoms with van der Waals surface area (Å²) in [6, 6.07) is 14.1. The number of nitrogens with zero attached hydrogens (tertiary/aromatic N) is 4. The van der Waals surface area contributed by atoms with E-state index in [1.54, 1.807) is 17.7 Å². The van der Waals surface area contributed by atoms with Crippen molar-refractivity contribution in [1.82, 2.24) is 19.9 Å². The van der Waals surface area contributed by atoms with Crippen molar-refractivity contribution < 1.29 is 13.9 Å². The van der Waals surface area contributed by atoms with E-state index in [0.29, 0.717) is 13.1 Å². The Kier molecular flexibility index (Phi) is 5.95. The molecule has 1 saturated heterocycles. The lowest BCUT2D eigenvalue weighted by Gasteiger charge is -2.31. The molecular weight excluding hydrogens is 441 g/mol. The van der Waals surface area contributed by atoms with Gasteiger partial charge in [-0.2, -0.15) is 0 Å². The fourth-order valence-corrected chi connectivity index (χ4v) is 4.98. The highest BCUT2D eigenvalue weighted by molar-refractivity contribution is 7.20. The van der Waals surface area contributed by atoms with Crippen LogP contribution in [0, 0.1) is 11.7 Å². The van der Waals surface area contributed by atoms with Gasteiger partial charge in [0, 0.05) is 25.2 Å². The maximum Gasteiger partial charge on any atom is 0.225 e. The normalized spacial score (nSPS) is 16.2. The van der Waals surface area contributed by atoms with Gasteiger partial charge < -0.3 is 15.0 Å². The highest BCUT2D eigenvalue weighted by Gasteiger charge is 2.28. The Morgan fingerprint density at radius 3 is 2.88 bits per heavy atom. The Hall–Kier alpha value is -3.46. The SMILES string of the molecule is COc1ccc(-c2cn3nc(N4CCC[C@H](C(=O)NCc5cccc(F)c5)C4)sc3n2)cc1. The van der Waals surface area contributed by atoms with E-state index in [-0.39, 0.29) is 17.6 Å². The fraction of sp³-hybridized carbons (Fsp3) is 0.292. The third-order valence-electron chi connectivity index (χ3n) is 5.84. The minimum absolute atomic E-state index is 0.00733. The molecule has 0 aliphatic carbocycles. The van der Waals surface area contributed by atoms with Crippen molar-refractivity contribution in [3.63, 3.8) is 0 Å². The molecule has 2 aromatic carbocycles. The Morgan fingerprint density at radius 1 is 1.27 bits per heavy atom. The zero-order valence-corrected chi connectivity index (χ0v) is 19.0. The third-order valence-corrected chi connectivity index (χ3v) is 6.82. The van der Waals surface area contributed by atoms with Gasteiger partial charge in [0.15, 0.2) is 0 Å². The van der Waals surface area contributed by atoms with Crippen molar-refractivity contribution in [2.45, 2.75) is 19.4 Å². The number of benzene rings is 2. The predicted molar refractivity (Wildman–Crippen MR) is 126 cm³/mol. The van der Waals surface area contributed by atoms with Crippen LogP contribution in [-0.4, -0.2) is 40.7 Å². The van der Waals surface area contributed by atoms with Crippen LogP contribution in [0.1, 0.15) is 18.4 Å². The molecule has 1 fully saturated rings. The lowest BCUT2D eigenvalue weighted by atomic mass is 9.97. The first-order chi connectivity index (χ1) is 16.1. The van der Waals surface area contributed by atoms with Gasteiger partial charge in [0.2, 0.25) is 16.0 Å². The number of rotatable bonds is 6. The van der Waals surface area contributed by atoms with Crippen LogP contribution in [0.3, 0.4) is 0 Å². The van der Waals surface area contributed by atoms with E-state index in [0.717, 1.165) is 52.0 Å². The number of carbonyl (C=O) groups excluding carboxylic acids is 1. The Morgan fingerprint density at radius 2 is 2.12 bits per heavy atom. The molecule has 1 aliphatic rings. The van der Waals surface area contributed by atoms with Crippen molar-refractivity contribution in [1.29, 1.82) is 0 Å². The van der Waals surface area contributed by atoms with Crippen molar-refractivity contribution in [2.24, 2.45) is 5.92 Å². The van der Waals surface area contributed by atoms with Crippen LogP contribution < -0.4 is 15.0 Å². The van der Waals surface area contributed by atoms with Gasteiger partial charge in [-0.25, -0.2) is 13.9 Å². The highest BCUT2D eigenvalue weighted by atomic mass is 32.1. The number of carbonyl (C=O) groups is 1. The molecule has 5 rings (SSSR count). The highest BCUT2D eigenvalue weighted by Crippen LogP contribution is 2.30. The quantitative estimate of drug-likeness (QED) is 0.464. The van der Waals surface area contributed by atoms with Crippen molar-refractivity contribution in [3.05, 3.63) is 66.1 Å². The number of methoxy groups -OCH3 is 1. The molecule has 170 valence electrons. The monoisotopic (exact) mass is 465 g/mol. The number of fused-ring (bicyclic) bond motifs is 1. The van der Waals surface area contributed by atoms with E-state index in [1.807, 2.05) is 36.5 Å². The number of piperidine rings is 1. The second-order valence-corrected chi connectivity index (χ2v) is 9.03. The number of hydrogen-bond acceptors (Lipinski definition) is 6. The fourth-order valence-electron chi connectivity index (χ4n) is 4.06. The topological polar surface area (TPSA) is 71.8 Å². The van der Waals surface area contributed by atoms with Gasteiger partial charge in [-0.15, -0.1) is 5.10 Å². The molecule has 33 heavy (non-hydrogen) atoms. The number of halogens is 1. The molecule has 0 bridgehead atoms. The molecule has 7 nitrogen and oxygen atoms in total. The van der Waals surface area contributed by atoms with Crippen molar-refractivity contribution in [3.8, 4) is 17.0 Å². The first-order valence-electron chi connectivity index (χ1n) is 10.9. The average Bonchev–Trinajstić information content (AvgIpc) is 3.42. The molecule has 9 heteroatoms. The van der Waals surface area contributed by atoms with Crippen LogP contribution in [0.2, 0.25) is 0 Å². The molecule has 1 N–H and O–H groups in total. The maximum absolute atomic E-state index is 13.4. The lowest BCUT2D eigenvalue weighted by Crippen LogP contribution is -2.43. The second kappa shape index (κ2) is 9.19. The van der Waals surface area contributed by atoms with Gasteiger partial charge >= 0.3 is 0 Å². The number of imidazole rings is 1. The largest absolute Gasteiger partial charge is 0.497 e. The van der Waals surface area contributed by atoms with Crippen LogP contribution in [0.4, 0.5) is 9.52 Å². The van der Waals surface area contributed by atoms with E-state index < -0.39 is 0 Å². The predicted octanol–water partition coefficient (Wildman–Crippen LogP) is 4.14. The summed E-state index contributed by atoms with van der Waals surface area (Å²) in [6.07, 6.45) is 3.66. The first-order valence-corrected chi connectivity index (χ1v) is 11.7. The number of aromatic nitrogens is 3. The zero-order valence-electron chi connectivity index (χ0n) is 18.2. The van der Waals surface area contributed by atoms with Gasteiger partial charge in [-0.05, 0) is 54.8 Å². The summed E-state index contributed by atoms with van der Waals surface area (Å²) in [5.74, 6) is 0.375. The van der Waals surface area contributed by atoms with Crippen molar-refractivity contribution >= 4 is 27.3 Å². The van der Waals surface area contributed by atoms with Crippen LogP contribution in [0.25, 0.3) is 16.2 Å². The zero-order chi connectivity index (χ0) is 22.8. The maximum atomic E-state index is 13.4. The molecule has 4 aromatic rings. The third kappa shape index (κ3) is 4.68. The van der Waals surface area contributed by atoms with Crippen LogP contribution in [0.5, 0.6) is 5.75 Å². The van der Waals surface area contributed by atoms with Gasteiger partial charge in [0.25, 0.3) is 0 Å². The summed E-state index contributed by atoms with van der Waals surface area (Å²) in [7, 11) is 1.65. The van der Waals surface area contributed by atoms with E-state index in [1.165, 1.54) is 23.5 Å². The van der Waals surface area contributed by atoms with Gasteiger partial charge in [0.1, 0.15) is 11.6 Å². The minimum Gasteiger partial charge on any atom is -0.497 e. The smallest absolute Gasteiger partial charge is 0.225 e. The van der Waals surface area contributed by atoms with E-state index in [2.05, 4.69) is 10.2 Å². The number of hydrogen-bond donors (Lipinski definition) is 1. The van der Waals surface area contributed by atoms with E-state index >= 15 is 0 Å². The molecule has 0 saturated carbocycles. The standard InChI is InChI=1S/C24H24FN5O2S/c1-32-20-9-7-17(8-10-20)21-15-30-23(27-21)33-24(28-30)29-11-3-5-18(14-29)22(31)26-13-16-4-2-6-19(25)12-16/h2,4,6-10,12,15,18H,3,5,11,13-14H2,1H3,(H,26,31)/t18-/m0/s1. The Balaban J connectivity index is 1.24. The number of amides is 1. The summed E-state index contributed by atoms with van der Waals surface area (Å²) in [6.45, 7) is 1.79. The lowest BCUT2D eigenvalue weighted by molar-refractivity contribution is -0.125. The average molecular weight is 466 g/mol. The van der Waals surface area contributed by atoms with Crippen LogP contribution in [0.15, 0.2) is 54.7 Å². The summed E-state index contributed by atoms with van der Waals surface area (Å²) < 4.78 is 20.4. The number of anilines is 1. The minimum atomic E-state index is -0.297. The van der Waals surface area contributed by atoms with E-state index in [9.17, 15) is 9.18 Å².